The average molecular weight is 483 g/mol. The number of carbonyl (C=O) groups excluding carboxylic acids is 2. The number of hydrogen-bond acceptors (Lipinski definition) is 4. The first-order valence-electron chi connectivity index (χ1n) is 14.2. The van der Waals surface area contributed by atoms with Crippen LogP contribution in [-0.2, 0) is 11.2 Å². The van der Waals surface area contributed by atoms with Crippen LogP contribution in [0.5, 0.6) is 0 Å². The maximum Gasteiger partial charge on any atom is 0.253 e. The Bertz CT molecular complexity index is 812. The summed E-state index contributed by atoms with van der Waals surface area (Å²) in [6.07, 6.45) is 10.7. The smallest absolute Gasteiger partial charge is 0.253 e. The lowest BCUT2D eigenvalue weighted by atomic mass is 9.95. The highest BCUT2D eigenvalue weighted by Crippen LogP contribution is 2.31. The van der Waals surface area contributed by atoms with E-state index in [1.807, 2.05) is 17.0 Å². The van der Waals surface area contributed by atoms with Gasteiger partial charge in [0.1, 0.15) is 0 Å². The number of likely N-dealkylation sites (tertiary alicyclic amines) is 1. The van der Waals surface area contributed by atoms with Crippen molar-refractivity contribution >= 4 is 11.8 Å². The molecule has 194 valence electrons. The standard InChI is InChI=1S/C29H46N4O2/c1-3-24-12-14-26(15-13-24)29(35)33-21-19-32(20-22-33)27(25-10-4-5-11-25)28(34)30-16-8-18-31-17-7-6-9-23(31)2/h12-15,23,25,27H,3-11,16-22H2,1-2H3,(H,30,34)/t23-,27-/m1/s1. The molecule has 2 atom stereocenters. The van der Waals surface area contributed by atoms with Gasteiger partial charge in [0, 0.05) is 50.9 Å². The lowest BCUT2D eigenvalue weighted by Gasteiger charge is -2.41. The number of piperazine rings is 1. The lowest BCUT2D eigenvalue weighted by Crippen LogP contribution is -2.58. The second-order valence-corrected chi connectivity index (χ2v) is 10.9. The predicted octanol–water partition coefficient (Wildman–Crippen LogP) is 3.95. The zero-order chi connectivity index (χ0) is 24.6. The molecule has 3 aliphatic rings. The Morgan fingerprint density at radius 2 is 1.63 bits per heavy atom. The Morgan fingerprint density at radius 1 is 0.943 bits per heavy atom. The number of carbonyl (C=O) groups is 2. The fraction of sp³-hybridized carbons (Fsp3) is 0.724. The summed E-state index contributed by atoms with van der Waals surface area (Å²) in [6, 6.07) is 8.63. The maximum atomic E-state index is 13.4. The molecule has 2 heterocycles. The van der Waals surface area contributed by atoms with Crippen LogP contribution in [0.4, 0.5) is 0 Å². The molecule has 0 unspecified atom stereocenters. The van der Waals surface area contributed by atoms with Gasteiger partial charge >= 0.3 is 0 Å². The van der Waals surface area contributed by atoms with Crippen molar-refractivity contribution < 1.29 is 9.59 Å². The van der Waals surface area contributed by atoms with Crippen LogP contribution in [0.2, 0.25) is 0 Å². The number of piperidine rings is 1. The first kappa shape index (κ1) is 26.2. The van der Waals surface area contributed by atoms with Gasteiger partial charge in [-0.15, -0.1) is 0 Å². The molecule has 3 fully saturated rings. The Hall–Kier alpha value is -1.92. The Kier molecular flexibility index (Phi) is 9.61. The molecule has 0 bridgehead atoms. The van der Waals surface area contributed by atoms with Crippen molar-refractivity contribution in [2.24, 2.45) is 5.92 Å². The van der Waals surface area contributed by atoms with E-state index in [0.717, 1.165) is 57.4 Å². The van der Waals surface area contributed by atoms with E-state index in [-0.39, 0.29) is 17.9 Å². The molecule has 4 rings (SSSR count). The Morgan fingerprint density at radius 3 is 2.29 bits per heavy atom. The first-order chi connectivity index (χ1) is 17.1. The van der Waals surface area contributed by atoms with Crippen molar-refractivity contribution in [2.75, 3.05) is 45.8 Å². The second kappa shape index (κ2) is 12.9. The van der Waals surface area contributed by atoms with E-state index in [1.54, 1.807) is 0 Å². The van der Waals surface area contributed by atoms with Crippen LogP contribution in [0, 0.1) is 5.92 Å². The number of nitrogens with one attached hydrogen (secondary N) is 1. The Balaban J connectivity index is 1.28. The highest BCUT2D eigenvalue weighted by atomic mass is 16.2. The average Bonchev–Trinajstić information content (AvgIpc) is 3.42. The molecule has 2 aliphatic heterocycles. The van der Waals surface area contributed by atoms with E-state index in [2.05, 4.69) is 41.1 Å². The summed E-state index contributed by atoms with van der Waals surface area (Å²) in [6.45, 7) is 10.4. The second-order valence-electron chi connectivity index (χ2n) is 10.9. The molecular weight excluding hydrogens is 436 g/mol. The molecule has 2 saturated heterocycles. The number of amides is 2. The van der Waals surface area contributed by atoms with E-state index in [9.17, 15) is 9.59 Å². The molecule has 0 aromatic heterocycles. The first-order valence-corrected chi connectivity index (χ1v) is 14.2. The van der Waals surface area contributed by atoms with Crippen molar-refractivity contribution in [3.63, 3.8) is 0 Å². The molecule has 1 aliphatic carbocycles. The Labute approximate surface area is 212 Å². The van der Waals surface area contributed by atoms with Gasteiger partial charge in [0.25, 0.3) is 5.91 Å². The molecule has 35 heavy (non-hydrogen) atoms. The van der Waals surface area contributed by atoms with E-state index in [4.69, 9.17) is 0 Å². The van der Waals surface area contributed by atoms with Gasteiger partial charge in [-0.25, -0.2) is 0 Å². The molecule has 0 spiro atoms. The van der Waals surface area contributed by atoms with Gasteiger partial charge in [-0.2, -0.15) is 0 Å². The third kappa shape index (κ3) is 6.85. The zero-order valence-electron chi connectivity index (χ0n) is 22.0. The third-order valence-corrected chi connectivity index (χ3v) is 8.58. The zero-order valence-corrected chi connectivity index (χ0v) is 22.0. The van der Waals surface area contributed by atoms with Crippen LogP contribution in [0.1, 0.15) is 81.1 Å². The van der Waals surface area contributed by atoms with Crippen molar-refractivity contribution in [2.45, 2.75) is 83.7 Å². The van der Waals surface area contributed by atoms with Crippen LogP contribution < -0.4 is 5.32 Å². The highest BCUT2D eigenvalue weighted by Gasteiger charge is 2.37. The van der Waals surface area contributed by atoms with Gasteiger partial charge in [0.15, 0.2) is 0 Å². The van der Waals surface area contributed by atoms with Crippen molar-refractivity contribution in [1.29, 1.82) is 0 Å². The van der Waals surface area contributed by atoms with E-state index in [1.165, 1.54) is 44.2 Å². The van der Waals surface area contributed by atoms with Gasteiger partial charge in [0.2, 0.25) is 5.91 Å². The minimum Gasteiger partial charge on any atom is -0.355 e. The van der Waals surface area contributed by atoms with Gasteiger partial charge in [-0.05, 0) is 75.6 Å². The van der Waals surface area contributed by atoms with Crippen molar-refractivity contribution in [3.8, 4) is 0 Å². The van der Waals surface area contributed by atoms with E-state index < -0.39 is 0 Å². The molecular formula is C29H46N4O2. The summed E-state index contributed by atoms with van der Waals surface area (Å²) in [7, 11) is 0. The summed E-state index contributed by atoms with van der Waals surface area (Å²) in [5.74, 6) is 0.764. The third-order valence-electron chi connectivity index (χ3n) is 8.58. The summed E-state index contributed by atoms with van der Waals surface area (Å²) >= 11 is 0. The van der Waals surface area contributed by atoms with E-state index in [0.29, 0.717) is 25.0 Å². The topological polar surface area (TPSA) is 55.9 Å². The molecule has 1 N–H and O–H groups in total. The fourth-order valence-corrected chi connectivity index (χ4v) is 6.31. The van der Waals surface area contributed by atoms with Crippen molar-refractivity contribution in [1.82, 2.24) is 20.0 Å². The van der Waals surface area contributed by atoms with Crippen molar-refractivity contribution in [3.05, 3.63) is 35.4 Å². The van der Waals surface area contributed by atoms with Gasteiger partial charge < -0.3 is 15.1 Å². The predicted molar refractivity (Wildman–Crippen MR) is 142 cm³/mol. The van der Waals surface area contributed by atoms with Crippen LogP contribution in [-0.4, -0.2) is 84.4 Å². The van der Waals surface area contributed by atoms with Crippen LogP contribution in [0.25, 0.3) is 0 Å². The fourth-order valence-electron chi connectivity index (χ4n) is 6.31. The number of benzene rings is 1. The monoisotopic (exact) mass is 482 g/mol. The normalized spacial score (nSPS) is 23.4. The maximum absolute atomic E-state index is 13.4. The molecule has 6 heteroatoms. The highest BCUT2D eigenvalue weighted by molar-refractivity contribution is 5.94. The summed E-state index contributed by atoms with van der Waals surface area (Å²) in [5.41, 5.74) is 2.02. The van der Waals surface area contributed by atoms with Crippen LogP contribution in [0.15, 0.2) is 24.3 Å². The minimum absolute atomic E-state index is 0.0486. The lowest BCUT2D eigenvalue weighted by molar-refractivity contribution is -0.129. The summed E-state index contributed by atoms with van der Waals surface area (Å²) in [5, 5.41) is 3.29. The van der Waals surface area contributed by atoms with Gasteiger partial charge in [-0.1, -0.05) is 38.3 Å². The summed E-state index contributed by atoms with van der Waals surface area (Å²) < 4.78 is 0. The largest absolute Gasteiger partial charge is 0.355 e. The van der Waals surface area contributed by atoms with Gasteiger partial charge in [0.05, 0.1) is 6.04 Å². The molecule has 6 nitrogen and oxygen atoms in total. The van der Waals surface area contributed by atoms with Crippen LogP contribution >= 0.6 is 0 Å². The number of aryl methyl sites for hydroxylation is 1. The molecule has 1 aromatic carbocycles. The van der Waals surface area contributed by atoms with Crippen LogP contribution in [0.3, 0.4) is 0 Å². The number of hydrogen-bond donors (Lipinski definition) is 1. The molecule has 2 amide bonds. The van der Waals surface area contributed by atoms with E-state index >= 15 is 0 Å². The van der Waals surface area contributed by atoms with Gasteiger partial charge in [-0.3, -0.25) is 14.5 Å². The molecule has 1 saturated carbocycles. The quantitative estimate of drug-likeness (QED) is 0.542. The minimum atomic E-state index is -0.0486. The summed E-state index contributed by atoms with van der Waals surface area (Å²) in [4.78, 5) is 33.3. The SMILES string of the molecule is CCc1ccc(C(=O)N2CCN([C@@H](C(=O)NCCCN3CCCC[C@H]3C)C3CCCC3)CC2)cc1. The molecule has 0 radical (unpaired) electrons. The number of rotatable bonds is 9. The molecule has 1 aromatic rings. The number of nitrogens with zero attached hydrogens (tertiary/aromatic N) is 3.